The van der Waals surface area contributed by atoms with E-state index < -0.39 is 19.5 Å². The largest absolute Gasteiger partial charge is 0.0312 e. The molecule has 0 spiro atoms. The molecule has 1 amide bonds. The van der Waals surface area contributed by atoms with Crippen LogP contribution in [0.1, 0.15) is 20.8 Å². The van der Waals surface area contributed by atoms with Crippen LogP contribution in [0.3, 0.4) is 0 Å². The van der Waals surface area contributed by atoms with Crippen molar-refractivity contribution >= 4 is 13.9 Å². The summed E-state index contributed by atoms with van der Waals surface area (Å²) < 4.78 is 64.2. The molecule has 1 aromatic carbocycles. The van der Waals surface area contributed by atoms with Crippen molar-refractivity contribution in [2.24, 2.45) is 0 Å². The van der Waals surface area contributed by atoms with Crippen LogP contribution < -0.4 is 10.3 Å². The number of hydrogen-bond donors (Lipinski definition) is 1. The summed E-state index contributed by atoms with van der Waals surface area (Å²) >= 11 is 0. The van der Waals surface area contributed by atoms with Crippen molar-refractivity contribution in [3.05, 3.63) is 62.4 Å². The molecule has 0 aromatic heterocycles. The molecule has 2 rings (SSSR count). The molecule has 1 fully saturated rings. The molecule has 12 heteroatoms. The monoisotopic (exact) mass is 475 g/mol. The van der Waals surface area contributed by atoms with Gasteiger partial charge in [0.1, 0.15) is 5.60 Å². The summed E-state index contributed by atoms with van der Waals surface area (Å²) in [7, 11) is -10.7. The molecule has 1 aliphatic rings. The predicted octanol–water partition coefficient (Wildman–Crippen LogP) is 6.91. The molecule has 28 heavy (non-hydrogen) atoms. The van der Waals surface area contributed by atoms with Crippen molar-refractivity contribution in [1.82, 2.24) is 5.48 Å². The Kier molecular flexibility index (Phi) is 10.9. The SMILES string of the molecule is CC(C)(C)OC(=O)NOc1ccccc1.F[P-](F)(F)(F)(F)F.[CH]1[CH][CH][CH][CH]1.[Fe]. The Balaban J connectivity index is 0. The number of carbonyl (C=O) groups is 1. The van der Waals surface area contributed by atoms with Gasteiger partial charge in [0.2, 0.25) is 0 Å². The summed E-state index contributed by atoms with van der Waals surface area (Å²) in [5, 5.41) is 0. The van der Waals surface area contributed by atoms with Gasteiger partial charge in [-0.05, 0) is 65.0 Å². The summed E-state index contributed by atoms with van der Waals surface area (Å²) in [5.74, 6) is 0.559. The predicted molar refractivity (Wildman–Crippen MR) is 91.5 cm³/mol. The van der Waals surface area contributed by atoms with Crippen molar-refractivity contribution in [3.63, 3.8) is 0 Å². The fourth-order valence-corrected chi connectivity index (χ4v) is 1.21. The van der Waals surface area contributed by atoms with E-state index in [9.17, 15) is 30.0 Å². The Labute approximate surface area is 171 Å². The first-order valence-electron chi connectivity index (χ1n) is 7.36. The van der Waals surface area contributed by atoms with Crippen LogP contribution in [0, 0.1) is 32.1 Å². The Hall–Kier alpha value is -1.18. The third-order valence-corrected chi connectivity index (χ3v) is 1.95. The van der Waals surface area contributed by atoms with Crippen molar-refractivity contribution in [3.8, 4) is 5.75 Å². The molecule has 4 nitrogen and oxygen atoms in total. The molecule has 1 aliphatic carbocycles. The van der Waals surface area contributed by atoms with Gasteiger partial charge in [-0.1, -0.05) is 18.2 Å². The van der Waals surface area contributed by atoms with Crippen LogP contribution in [0.5, 0.6) is 5.75 Å². The quantitative estimate of drug-likeness (QED) is 0.219. The topological polar surface area (TPSA) is 47.6 Å². The summed E-state index contributed by atoms with van der Waals surface area (Å²) in [6.07, 6.45) is 9.39. The number of para-hydroxylation sites is 1. The number of nitrogens with one attached hydrogen (secondary N) is 1. The summed E-state index contributed by atoms with van der Waals surface area (Å²) in [6.45, 7) is 5.36. The van der Waals surface area contributed by atoms with E-state index >= 15 is 0 Å². The van der Waals surface area contributed by atoms with Crippen LogP contribution >= 0.6 is 7.81 Å². The van der Waals surface area contributed by atoms with Crippen LogP contribution in [0.15, 0.2) is 30.3 Å². The summed E-state index contributed by atoms with van der Waals surface area (Å²) in [5.41, 5.74) is 1.67. The molecule has 5 radical (unpaired) electrons. The zero-order chi connectivity index (χ0) is 21.3. The molecule has 1 N–H and O–H groups in total. The normalized spacial score (nSPS) is 15.8. The van der Waals surface area contributed by atoms with Crippen LogP contribution in [-0.4, -0.2) is 11.7 Å². The molecule has 1 saturated carbocycles. The molecule has 0 heterocycles. The number of hydrogen-bond acceptors (Lipinski definition) is 3. The van der Waals surface area contributed by atoms with Crippen molar-refractivity contribution in [1.29, 1.82) is 0 Å². The van der Waals surface area contributed by atoms with E-state index in [0.717, 1.165) is 0 Å². The van der Waals surface area contributed by atoms with E-state index in [1.807, 2.05) is 50.3 Å². The van der Waals surface area contributed by atoms with Gasteiger partial charge in [0, 0.05) is 17.1 Å². The molecular weight excluding hydrogens is 455 g/mol. The zero-order valence-electron chi connectivity index (χ0n) is 15.1. The molecule has 0 unspecified atom stereocenters. The van der Waals surface area contributed by atoms with Gasteiger partial charge in [-0.25, -0.2) is 4.79 Å². The summed E-state index contributed by atoms with van der Waals surface area (Å²) in [4.78, 5) is 16.2. The zero-order valence-corrected chi connectivity index (χ0v) is 17.1. The maximum absolute atomic E-state index is 11.2. The van der Waals surface area contributed by atoms with Crippen molar-refractivity contribution in [2.75, 3.05) is 0 Å². The Morgan fingerprint density at radius 2 is 1.21 bits per heavy atom. The van der Waals surface area contributed by atoms with Gasteiger partial charge in [-0.15, -0.1) is 0 Å². The standard InChI is InChI=1S/C11H15NO3.C5H5.F6P.Fe/c1-11(2,3)14-10(13)12-15-9-7-5-4-6-8-9;1-2-4-5-3-1;1-7(2,3,4,5)6;/h4-8H,1-3H3,(H,12,13);1-5H;;/q;;-1;. The number of rotatable bonds is 2. The molecule has 0 atom stereocenters. The minimum absolute atomic E-state index is 0. The average Bonchev–Trinajstić information content (AvgIpc) is 3.00. The second-order valence-corrected chi connectivity index (χ2v) is 7.86. The molecule has 1 aromatic rings. The van der Waals surface area contributed by atoms with E-state index in [4.69, 9.17) is 9.57 Å². The first kappa shape index (κ1) is 29.0. The Morgan fingerprint density at radius 1 is 0.857 bits per heavy atom. The van der Waals surface area contributed by atoms with Gasteiger partial charge < -0.3 is 9.57 Å². The molecular formula is C16H20F6FeNO3P-. The Bertz CT molecular complexity index is 556. The number of halogens is 6. The third kappa shape index (κ3) is 29.6. The molecule has 0 saturated heterocycles. The number of amides is 1. The minimum Gasteiger partial charge on any atom is -0.0312 e. The molecule has 0 aliphatic heterocycles. The van der Waals surface area contributed by atoms with Crippen molar-refractivity contribution in [2.45, 2.75) is 26.4 Å². The van der Waals surface area contributed by atoms with Gasteiger partial charge in [0.05, 0.1) is 0 Å². The van der Waals surface area contributed by atoms with E-state index in [1.165, 1.54) is 0 Å². The van der Waals surface area contributed by atoms with Gasteiger partial charge in [-0.3, -0.25) is 0 Å². The minimum atomic E-state index is -10.7. The summed E-state index contributed by atoms with van der Waals surface area (Å²) in [6, 6.07) is 8.95. The van der Waals surface area contributed by atoms with Crippen molar-refractivity contribution < 1.29 is 56.6 Å². The van der Waals surface area contributed by atoms with Gasteiger partial charge >= 0.3 is 39.1 Å². The van der Waals surface area contributed by atoms with E-state index in [1.54, 1.807) is 32.9 Å². The smallest absolute Gasteiger partial charge is 0 e. The molecule has 0 bridgehead atoms. The first-order valence-corrected chi connectivity index (χ1v) is 9.39. The number of hydroxylamine groups is 1. The van der Waals surface area contributed by atoms with Crippen LogP contribution in [0.2, 0.25) is 0 Å². The van der Waals surface area contributed by atoms with Crippen LogP contribution in [-0.2, 0) is 21.8 Å². The molecule has 163 valence electrons. The average molecular weight is 475 g/mol. The van der Waals surface area contributed by atoms with Gasteiger partial charge in [0.25, 0.3) is 0 Å². The van der Waals surface area contributed by atoms with Gasteiger partial charge in [0.15, 0.2) is 5.75 Å². The fourth-order valence-electron chi connectivity index (χ4n) is 1.21. The maximum Gasteiger partial charge on any atom is 0 e. The second kappa shape index (κ2) is 10.6. The Morgan fingerprint density at radius 3 is 1.54 bits per heavy atom. The maximum atomic E-state index is 11.2. The van der Waals surface area contributed by atoms with E-state index in [2.05, 4.69) is 5.48 Å². The van der Waals surface area contributed by atoms with Gasteiger partial charge in [-0.2, -0.15) is 5.48 Å². The van der Waals surface area contributed by atoms with E-state index in [-0.39, 0.29) is 17.1 Å². The number of ether oxygens (including phenoxy) is 1. The fraction of sp³-hybridized carbons (Fsp3) is 0.250. The van der Waals surface area contributed by atoms with Crippen LogP contribution in [0.25, 0.3) is 0 Å². The third-order valence-electron chi connectivity index (χ3n) is 1.95. The second-order valence-electron chi connectivity index (χ2n) is 5.94. The number of benzene rings is 1. The van der Waals surface area contributed by atoms with E-state index in [0.29, 0.717) is 5.75 Å². The van der Waals surface area contributed by atoms with Crippen LogP contribution in [0.4, 0.5) is 30.0 Å². The number of carbonyl (C=O) groups excluding carboxylic acids is 1. The first-order chi connectivity index (χ1) is 11.9.